The average molecular weight is 224 g/mol. The fourth-order valence-corrected chi connectivity index (χ4v) is 1.97. The van der Waals surface area contributed by atoms with E-state index < -0.39 is 0 Å². The van der Waals surface area contributed by atoms with Gasteiger partial charge in [-0.15, -0.1) is 0 Å². The first-order valence-corrected chi connectivity index (χ1v) is 5.66. The van der Waals surface area contributed by atoms with Gasteiger partial charge in [0.2, 0.25) is 0 Å². The molecule has 0 unspecified atom stereocenters. The van der Waals surface area contributed by atoms with E-state index in [0.29, 0.717) is 12.0 Å². The molecule has 0 atom stereocenters. The van der Waals surface area contributed by atoms with E-state index in [0.717, 1.165) is 32.7 Å². The van der Waals surface area contributed by atoms with Crippen LogP contribution in [0.2, 0.25) is 0 Å². The molecule has 3 nitrogen and oxygen atoms in total. The van der Waals surface area contributed by atoms with Gasteiger partial charge >= 0.3 is 0 Å². The van der Waals surface area contributed by atoms with Gasteiger partial charge in [0.15, 0.2) is 0 Å². The lowest BCUT2D eigenvalue weighted by molar-refractivity contribution is 0.243. The van der Waals surface area contributed by atoms with E-state index >= 15 is 0 Å². The number of rotatable bonds is 3. The van der Waals surface area contributed by atoms with Crippen molar-refractivity contribution in [3.63, 3.8) is 0 Å². The van der Waals surface area contributed by atoms with Crippen LogP contribution in [0.1, 0.15) is 5.56 Å². The second kappa shape index (κ2) is 5.27. The van der Waals surface area contributed by atoms with Gasteiger partial charge in [-0.05, 0) is 30.2 Å². The van der Waals surface area contributed by atoms with E-state index in [1.807, 2.05) is 0 Å². The zero-order valence-corrected chi connectivity index (χ0v) is 9.25. The van der Waals surface area contributed by atoms with Crippen molar-refractivity contribution >= 4 is 0 Å². The Morgan fingerprint density at radius 2 is 2.06 bits per heavy atom. The Bertz CT molecular complexity index is 351. The van der Waals surface area contributed by atoms with Crippen LogP contribution in [0, 0.1) is 5.82 Å². The number of nitrogens with zero attached hydrogens (tertiary/aromatic N) is 1. The molecule has 0 radical (unpaired) electrons. The van der Waals surface area contributed by atoms with Crippen LogP contribution in [0.15, 0.2) is 18.2 Å². The third-order valence-corrected chi connectivity index (χ3v) is 2.95. The molecule has 88 valence electrons. The number of phenols is 1. The van der Waals surface area contributed by atoms with Gasteiger partial charge in [0, 0.05) is 32.7 Å². The summed E-state index contributed by atoms with van der Waals surface area (Å²) in [6, 6.07) is 4.11. The number of nitrogens with one attached hydrogen (secondary N) is 1. The average Bonchev–Trinajstić information content (AvgIpc) is 2.32. The summed E-state index contributed by atoms with van der Waals surface area (Å²) in [6.07, 6.45) is 0.698. The summed E-state index contributed by atoms with van der Waals surface area (Å²) in [4.78, 5) is 2.32. The summed E-state index contributed by atoms with van der Waals surface area (Å²) in [6.45, 7) is 4.94. The molecule has 0 bridgehead atoms. The van der Waals surface area contributed by atoms with Crippen LogP contribution in [-0.2, 0) is 6.42 Å². The molecule has 0 spiro atoms. The van der Waals surface area contributed by atoms with Crippen molar-refractivity contribution in [2.24, 2.45) is 0 Å². The number of aromatic hydroxyl groups is 1. The minimum absolute atomic E-state index is 0.191. The van der Waals surface area contributed by atoms with Gasteiger partial charge in [0.1, 0.15) is 11.6 Å². The summed E-state index contributed by atoms with van der Waals surface area (Å²) < 4.78 is 13.0. The third kappa shape index (κ3) is 2.93. The van der Waals surface area contributed by atoms with Crippen molar-refractivity contribution in [2.45, 2.75) is 6.42 Å². The number of hydrogen-bond donors (Lipinski definition) is 2. The van der Waals surface area contributed by atoms with Crippen LogP contribution < -0.4 is 5.32 Å². The highest BCUT2D eigenvalue weighted by Gasteiger charge is 2.10. The monoisotopic (exact) mass is 224 g/mol. The first kappa shape index (κ1) is 11.4. The summed E-state index contributed by atoms with van der Waals surface area (Å²) in [5, 5.41) is 12.8. The van der Waals surface area contributed by atoms with E-state index in [4.69, 9.17) is 0 Å². The molecular formula is C12H17FN2O. The van der Waals surface area contributed by atoms with Gasteiger partial charge in [-0.25, -0.2) is 4.39 Å². The second-order valence-electron chi connectivity index (χ2n) is 4.11. The standard InChI is InChI=1S/C12H17FN2O/c13-11-1-2-12(16)10(9-11)3-6-15-7-4-14-5-8-15/h1-2,9,14,16H,3-8H2. The molecule has 0 saturated carbocycles. The topological polar surface area (TPSA) is 35.5 Å². The molecule has 1 aliphatic heterocycles. The van der Waals surface area contributed by atoms with E-state index in [2.05, 4.69) is 10.2 Å². The molecule has 4 heteroatoms. The SMILES string of the molecule is Oc1ccc(F)cc1CCN1CCNCC1. The maximum Gasteiger partial charge on any atom is 0.123 e. The molecule has 0 aliphatic carbocycles. The Balaban J connectivity index is 1.90. The third-order valence-electron chi connectivity index (χ3n) is 2.95. The van der Waals surface area contributed by atoms with Gasteiger partial charge in [-0.1, -0.05) is 0 Å². The molecule has 2 rings (SSSR count). The van der Waals surface area contributed by atoms with E-state index in [9.17, 15) is 9.50 Å². The lowest BCUT2D eigenvalue weighted by Gasteiger charge is -2.27. The summed E-state index contributed by atoms with van der Waals surface area (Å²) in [5.74, 6) is -0.0929. The Hall–Kier alpha value is -1.13. The number of piperazine rings is 1. The fraction of sp³-hybridized carbons (Fsp3) is 0.500. The van der Waals surface area contributed by atoms with Crippen molar-refractivity contribution in [2.75, 3.05) is 32.7 Å². The normalized spacial score (nSPS) is 17.6. The predicted molar refractivity (Wildman–Crippen MR) is 61.1 cm³/mol. The van der Waals surface area contributed by atoms with E-state index in [1.54, 1.807) is 0 Å². The van der Waals surface area contributed by atoms with Crippen LogP contribution in [0.4, 0.5) is 4.39 Å². The molecule has 2 N–H and O–H groups in total. The number of benzene rings is 1. The first-order chi connectivity index (χ1) is 7.75. The molecule has 16 heavy (non-hydrogen) atoms. The van der Waals surface area contributed by atoms with Crippen molar-refractivity contribution in [1.29, 1.82) is 0 Å². The minimum Gasteiger partial charge on any atom is -0.508 e. The molecule has 1 fully saturated rings. The highest BCUT2D eigenvalue weighted by molar-refractivity contribution is 5.32. The molecule has 1 aromatic rings. The van der Waals surface area contributed by atoms with Crippen LogP contribution in [0.3, 0.4) is 0 Å². The van der Waals surface area contributed by atoms with Gasteiger partial charge in [-0.2, -0.15) is 0 Å². The zero-order valence-electron chi connectivity index (χ0n) is 9.25. The Morgan fingerprint density at radius 1 is 1.31 bits per heavy atom. The molecule has 1 heterocycles. The highest BCUT2D eigenvalue weighted by atomic mass is 19.1. The molecule has 1 saturated heterocycles. The Kier molecular flexibility index (Phi) is 3.74. The van der Waals surface area contributed by atoms with E-state index in [-0.39, 0.29) is 11.6 Å². The Morgan fingerprint density at radius 3 is 2.81 bits per heavy atom. The summed E-state index contributed by atoms with van der Waals surface area (Å²) >= 11 is 0. The maximum absolute atomic E-state index is 13.0. The van der Waals surface area contributed by atoms with Gasteiger partial charge < -0.3 is 15.3 Å². The van der Waals surface area contributed by atoms with Crippen LogP contribution in [-0.4, -0.2) is 42.7 Å². The van der Waals surface area contributed by atoms with Crippen molar-refractivity contribution in [3.05, 3.63) is 29.6 Å². The van der Waals surface area contributed by atoms with Gasteiger partial charge in [0.05, 0.1) is 0 Å². The quantitative estimate of drug-likeness (QED) is 0.803. The fourth-order valence-electron chi connectivity index (χ4n) is 1.97. The highest BCUT2D eigenvalue weighted by Crippen LogP contribution is 2.18. The smallest absolute Gasteiger partial charge is 0.123 e. The number of phenolic OH excluding ortho intramolecular Hbond substituents is 1. The largest absolute Gasteiger partial charge is 0.508 e. The van der Waals surface area contributed by atoms with Crippen molar-refractivity contribution in [1.82, 2.24) is 10.2 Å². The molecule has 0 amide bonds. The molecule has 0 aromatic heterocycles. The maximum atomic E-state index is 13.0. The second-order valence-corrected chi connectivity index (χ2v) is 4.11. The van der Waals surface area contributed by atoms with Crippen LogP contribution in [0.25, 0.3) is 0 Å². The molecular weight excluding hydrogens is 207 g/mol. The zero-order chi connectivity index (χ0) is 11.4. The molecule has 1 aromatic carbocycles. The predicted octanol–water partition coefficient (Wildman–Crippen LogP) is 0.979. The molecule has 1 aliphatic rings. The minimum atomic E-state index is -0.284. The van der Waals surface area contributed by atoms with Crippen LogP contribution in [0.5, 0.6) is 5.75 Å². The number of hydrogen-bond acceptors (Lipinski definition) is 3. The van der Waals surface area contributed by atoms with Gasteiger partial charge in [0.25, 0.3) is 0 Å². The van der Waals surface area contributed by atoms with E-state index in [1.165, 1.54) is 18.2 Å². The van der Waals surface area contributed by atoms with Crippen molar-refractivity contribution in [3.8, 4) is 5.75 Å². The van der Waals surface area contributed by atoms with Crippen LogP contribution >= 0.6 is 0 Å². The first-order valence-electron chi connectivity index (χ1n) is 5.66. The summed E-state index contributed by atoms with van der Waals surface area (Å²) in [7, 11) is 0. The number of halogens is 1. The lowest BCUT2D eigenvalue weighted by Crippen LogP contribution is -2.44. The van der Waals surface area contributed by atoms with Crippen molar-refractivity contribution < 1.29 is 9.50 Å². The summed E-state index contributed by atoms with van der Waals surface area (Å²) in [5.41, 5.74) is 0.693. The van der Waals surface area contributed by atoms with Gasteiger partial charge in [-0.3, -0.25) is 0 Å². The Labute approximate surface area is 94.9 Å². The lowest BCUT2D eigenvalue weighted by atomic mass is 10.1.